The lowest BCUT2D eigenvalue weighted by Gasteiger charge is -2.13. The first-order valence-electron chi connectivity index (χ1n) is 18.8. The number of nitrogens with zero attached hydrogens (tertiary/aromatic N) is 3. The largest absolute Gasteiger partial charge is 0.208 e. The normalized spacial score (nSPS) is 11.9. The van der Waals surface area contributed by atoms with Gasteiger partial charge in [-0.25, -0.2) is 15.0 Å². The summed E-state index contributed by atoms with van der Waals surface area (Å²) in [6, 6.07) is 63.0. The molecule has 0 saturated heterocycles. The first-order valence-corrected chi connectivity index (χ1v) is 20.4. The van der Waals surface area contributed by atoms with Crippen LogP contribution in [-0.2, 0) is 0 Å². The van der Waals surface area contributed by atoms with Gasteiger partial charge >= 0.3 is 0 Å². The van der Waals surface area contributed by atoms with Gasteiger partial charge < -0.3 is 0 Å². The van der Waals surface area contributed by atoms with Gasteiger partial charge in [-0.1, -0.05) is 152 Å². The van der Waals surface area contributed by atoms with Gasteiger partial charge in [0.2, 0.25) is 0 Å². The third kappa shape index (κ3) is 4.85. The topological polar surface area (TPSA) is 38.7 Å². The maximum absolute atomic E-state index is 5.47. The monoisotopic (exact) mass is 747 g/mol. The van der Waals surface area contributed by atoms with Gasteiger partial charge in [-0.2, -0.15) is 0 Å². The molecular weight excluding hydrogens is 719 g/mol. The second-order valence-corrected chi connectivity index (χ2v) is 16.4. The van der Waals surface area contributed by atoms with Crippen LogP contribution in [0, 0.1) is 0 Å². The number of fused-ring (bicyclic) bond motifs is 11. The minimum absolute atomic E-state index is 0.649. The molecule has 12 aromatic rings. The SMILES string of the molecule is c1ccc2c(-c3ccc(-c4nc(-c5cc6ccccc6c6sc7ccccc7c56)nc(-c5cc6ccccc6c6sc7ccccc7c56)n4)cc3)cccc2c1. The summed E-state index contributed by atoms with van der Waals surface area (Å²) in [6.45, 7) is 0. The lowest BCUT2D eigenvalue weighted by atomic mass is 9.97. The van der Waals surface area contributed by atoms with Gasteiger partial charge in [0.15, 0.2) is 17.5 Å². The Hall–Kier alpha value is -6.79. The first-order chi connectivity index (χ1) is 27.7. The summed E-state index contributed by atoms with van der Waals surface area (Å²) in [5.41, 5.74) is 5.33. The van der Waals surface area contributed by atoms with E-state index in [1.165, 1.54) is 78.2 Å². The fourth-order valence-corrected chi connectivity index (χ4v) is 11.0. The zero-order chi connectivity index (χ0) is 36.7. The highest BCUT2D eigenvalue weighted by molar-refractivity contribution is 7.27. The van der Waals surface area contributed by atoms with E-state index in [0.29, 0.717) is 17.5 Å². The van der Waals surface area contributed by atoms with Crippen molar-refractivity contribution in [2.75, 3.05) is 0 Å². The van der Waals surface area contributed by atoms with Crippen LogP contribution in [0.25, 0.3) is 118 Å². The Balaban J connectivity index is 1.15. The summed E-state index contributed by atoms with van der Waals surface area (Å²) < 4.78 is 5.00. The van der Waals surface area contributed by atoms with E-state index in [-0.39, 0.29) is 0 Å². The highest BCUT2D eigenvalue weighted by Gasteiger charge is 2.22. The maximum Gasteiger partial charge on any atom is 0.164 e. The van der Waals surface area contributed by atoms with Crippen molar-refractivity contribution < 1.29 is 0 Å². The van der Waals surface area contributed by atoms with Crippen LogP contribution < -0.4 is 0 Å². The lowest BCUT2D eigenvalue weighted by Crippen LogP contribution is -2.01. The van der Waals surface area contributed by atoms with Crippen LogP contribution in [0.2, 0.25) is 0 Å². The molecule has 5 heteroatoms. The Bertz CT molecular complexity index is 3370. The lowest BCUT2D eigenvalue weighted by molar-refractivity contribution is 1.08. The predicted octanol–water partition coefficient (Wildman–Crippen LogP) is 14.7. The van der Waals surface area contributed by atoms with Crippen molar-refractivity contribution in [1.82, 2.24) is 15.0 Å². The van der Waals surface area contributed by atoms with Gasteiger partial charge in [0.05, 0.1) is 0 Å². The zero-order valence-corrected chi connectivity index (χ0v) is 31.5. The quantitative estimate of drug-likeness (QED) is 0.180. The van der Waals surface area contributed by atoms with Gasteiger partial charge in [0, 0.05) is 57.0 Å². The number of rotatable bonds is 4. The number of hydrogen-bond acceptors (Lipinski definition) is 5. The molecule has 0 N–H and O–H groups in total. The standard InChI is InChI=1S/C51H29N3S2/c1-4-16-35-30(12-1)15-11-21-36(35)31-24-26-32(27-25-31)49-52-50(41-28-33-13-2-5-17-37(33)47-45(41)39-19-7-9-22-43(39)55-47)54-51(53-49)42-29-34-14-3-6-18-38(34)48-46(42)40-20-8-10-23-44(40)56-48/h1-29H. The van der Waals surface area contributed by atoms with Crippen molar-refractivity contribution in [3.8, 4) is 45.3 Å². The number of thiophene rings is 2. The molecule has 12 rings (SSSR count). The smallest absolute Gasteiger partial charge is 0.164 e. The summed E-state index contributed by atoms with van der Waals surface area (Å²) in [5, 5.41) is 12.1. The number of benzene rings is 9. The van der Waals surface area contributed by atoms with Crippen LogP contribution in [0.15, 0.2) is 176 Å². The van der Waals surface area contributed by atoms with E-state index < -0.39 is 0 Å². The van der Waals surface area contributed by atoms with Crippen LogP contribution in [0.4, 0.5) is 0 Å². The van der Waals surface area contributed by atoms with Crippen molar-refractivity contribution in [3.63, 3.8) is 0 Å². The van der Waals surface area contributed by atoms with E-state index >= 15 is 0 Å². The summed E-state index contributed by atoms with van der Waals surface area (Å²) in [7, 11) is 0. The fourth-order valence-electron chi connectivity index (χ4n) is 8.49. The predicted molar refractivity (Wildman–Crippen MR) is 240 cm³/mol. The molecule has 0 atom stereocenters. The van der Waals surface area contributed by atoms with E-state index in [2.05, 4.69) is 176 Å². The molecule has 0 aliphatic heterocycles. The Morgan fingerprint density at radius 1 is 0.304 bits per heavy atom. The Labute approximate surface area is 329 Å². The van der Waals surface area contributed by atoms with Crippen molar-refractivity contribution in [3.05, 3.63) is 176 Å². The first kappa shape index (κ1) is 31.5. The second kappa shape index (κ2) is 12.4. The summed E-state index contributed by atoms with van der Waals surface area (Å²) in [5.74, 6) is 1.99. The molecule has 0 spiro atoms. The van der Waals surface area contributed by atoms with E-state index in [4.69, 9.17) is 15.0 Å². The van der Waals surface area contributed by atoms with Gasteiger partial charge in [-0.3, -0.25) is 0 Å². The van der Waals surface area contributed by atoms with Gasteiger partial charge in [0.1, 0.15) is 0 Å². The van der Waals surface area contributed by atoms with Crippen molar-refractivity contribution >= 4 is 95.3 Å². The second-order valence-electron chi connectivity index (χ2n) is 14.3. The highest BCUT2D eigenvalue weighted by atomic mass is 32.1. The molecule has 0 fully saturated rings. The molecule has 0 aliphatic carbocycles. The third-order valence-corrected chi connectivity index (χ3v) is 13.5. The number of aromatic nitrogens is 3. The molecule has 3 aromatic heterocycles. The molecule has 0 radical (unpaired) electrons. The van der Waals surface area contributed by atoms with E-state index in [0.717, 1.165) is 22.3 Å². The molecule has 0 saturated carbocycles. The molecule has 3 heterocycles. The summed E-state index contributed by atoms with van der Waals surface area (Å²) in [6.07, 6.45) is 0. The summed E-state index contributed by atoms with van der Waals surface area (Å²) >= 11 is 3.67. The van der Waals surface area contributed by atoms with Crippen LogP contribution in [0.3, 0.4) is 0 Å². The number of hydrogen-bond donors (Lipinski definition) is 0. The van der Waals surface area contributed by atoms with Crippen LogP contribution in [0.5, 0.6) is 0 Å². The Morgan fingerprint density at radius 3 is 1.30 bits per heavy atom. The van der Waals surface area contributed by atoms with Gasteiger partial charge in [0.25, 0.3) is 0 Å². The van der Waals surface area contributed by atoms with Crippen LogP contribution in [-0.4, -0.2) is 15.0 Å². The molecule has 260 valence electrons. The van der Waals surface area contributed by atoms with Crippen LogP contribution >= 0.6 is 22.7 Å². The van der Waals surface area contributed by atoms with Gasteiger partial charge in [-0.05, 0) is 67.7 Å². The zero-order valence-electron chi connectivity index (χ0n) is 29.9. The molecule has 0 unspecified atom stereocenters. The maximum atomic E-state index is 5.47. The van der Waals surface area contributed by atoms with Crippen molar-refractivity contribution in [2.45, 2.75) is 0 Å². The molecule has 0 bridgehead atoms. The third-order valence-electron chi connectivity index (χ3n) is 11.1. The molecular formula is C51H29N3S2. The van der Waals surface area contributed by atoms with E-state index in [1.807, 2.05) is 22.7 Å². The average Bonchev–Trinajstić information content (AvgIpc) is 3.86. The molecule has 56 heavy (non-hydrogen) atoms. The molecule has 0 amide bonds. The minimum atomic E-state index is 0.649. The fraction of sp³-hybridized carbons (Fsp3) is 0. The van der Waals surface area contributed by atoms with Gasteiger partial charge in [-0.15, -0.1) is 22.7 Å². The minimum Gasteiger partial charge on any atom is -0.208 e. The Kier molecular flexibility index (Phi) is 6.97. The Morgan fingerprint density at radius 2 is 0.732 bits per heavy atom. The highest BCUT2D eigenvalue weighted by Crippen LogP contribution is 2.46. The average molecular weight is 748 g/mol. The van der Waals surface area contributed by atoms with Crippen molar-refractivity contribution in [2.24, 2.45) is 0 Å². The van der Waals surface area contributed by atoms with Crippen molar-refractivity contribution in [1.29, 1.82) is 0 Å². The molecule has 9 aromatic carbocycles. The molecule has 3 nitrogen and oxygen atoms in total. The summed E-state index contributed by atoms with van der Waals surface area (Å²) in [4.78, 5) is 16.2. The van der Waals surface area contributed by atoms with E-state index in [1.54, 1.807) is 0 Å². The van der Waals surface area contributed by atoms with Crippen LogP contribution in [0.1, 0.15) is 0 Å². The molecule has 0 aliphatic rings. The van der Waals surface area contributed by atoms with E-state index in [9.17, 15) is 0 Å².